The molecule has 1 heterocycles. The quantitative estimate of drug-likeness (QED) is 0.568. The number of ether oxygens (including phenoxy) is 2. The summed E-state index contributed by atoms with van der Waals surface area (Å²) >= 11 is 0. The first kappa shape index (κ1) is 22.8. The molecule has 1 saturated heterocycles. The molecule has 0 spiro atoms. The van der Waals surface area contributed by atoms with E-state index in [-0.39, 0.29) is 18.6 Å². The lowest BCUT2D eigenvalue weighted by Gasteiger charge is -2.33. The van der Waals surface area contributed by atoms with E-state index in [4.69, 9.17) is 9.47 Å². The van der Waals surface area contributed by atoms with Crippen LogP contribution >= 0.6 is 0 Å². The summed E-state index contributed by atoms with van der Waals surface area (Å²) in [6.45, 7) is 2.16. The van der Waals surface area contributed by atoms with Crippen molar-refractivity contribution in [2.45, 2.75) is 56.7 Å². The van der Waals surface area contributed by atoms with Crippen molar-refractivity contribution in [3.63, 3.8) is 0 Å². The number of aliphatic hydroxyl groups is 1. The Morgan fingerprint density at radius 2 is 1.59 bits per heavy atom. The predicted octanol–water partition coefficient (Wildman–Crippen LogP) is 4.44. The molecule has 4 rings (SSSR count). The van der Waals surface area contributed by atoms with Crippen LogP contribution in [0.25, 0.3) is 0 Å². The van der Waals surface area contributed by atoms with Crippen LogP contribution in [0.1, 0.15) is 50.5 Å². The van der Waals surface area contributed by atoms with E-state index in [0.29, 0.717) is 11.5 Å². The summed E-state index contributed by atoms with van der Waals surface area (Å²) in [5, 5.41) is 15.0. The van der Waals surface area contributed by atoms with Gasteiger partial charge in [-0.1, -0.05) is 61.4 Å². The molecule has 2 fully saturated rings. The number of piperidine rings is 1. The van der Waals surface area contributed by atoms with Crippen LogP contribution in [0.4, 0.5) is 0 Å². The summed E-state index contributed by atoms with van der Waals surface area (Å²) in [6.07, 6.45) is 6.51. The van der Waals surface area contributed by atoms with Crippen molar-refractivity contribution in [3.05, 3.63) is 66.2 Å². The highest BCUT2D eigenvalue weighted by Crippen LogP contribution is 2.41. The van der Waals surface area contributed by atoms with Gasteiger partial charge in [0.05, 0.1) is 0 Å². The van der Waals surface area contributed by atoms with Gasteiger partial charge in [0.25, 0.3) is 0 Å². The van der Waals surface area contributed by atoms with Gasteiger partial charge >= 0.3 is 5.97 Å². The van der Waals surface area contributed by atoms with Crippen molar-refractivity contribution >= 4 is 5.97 Å². The van der Waals surface area contributed by atoms with Crippen LogP contribution in [0.5, 0.6) is 5.75 Å². The summed E-state index contributed by atoms with van der Waals surface area (Å²) in [5.74, 6) is 0.640. The van der Waals surface area contributed by atoms with Gasteiger partial charge in [0.1, 0.15) is 18.5 Å². The first-order valence-corrected chi connectivity index (χ1v) is 12.0. The van der Waals surface area contributed by atoms with Crippen molar-refractivity contribution < 1.29 is 19.4 Å². The van der Waals surface area contributed by atoms with E-state index in [0.717, 1.165) is 63.8 Å². The van der Waals surface area contributed by atoms with E-state index in [1.807, 2.05) is 60.7 Å². The molecule has 0 radical (unpaired) electrons. The molecule has 2 aliphatic rings. The second-order valence-electron chi connectivity index (χ2n) is 9.19. The van der Waals surface area contributed by atoms with E-state index in [2.05, 4.69) is 5.32 Å². The summed E-state index contributed by atoms with van der Waals surface area (Å²) in [6, 6.07) is 19.0. The molecule has 1 saturated carbocycles. The molecule has 1 unspecified atom stereocenters. The molecule has 2 N–H and O–H groups in total. The number of para-hydroxylation sites is 1. The minimum Gasteiger partial charge on any atom is -0.487 e. The van der Waals surface area contributed by atoms with E-state index >= 15 is 0 Å². The first-order valence-electron chi connectivity index (χ1n) is 12.0. The summed E-state index contributed by atoms with van der Waals surface area (Å²) < 4.78 is 12.1. The molecular formula is C27H35NO4. The molecule has 0 amide bonds. The molecule has 1 aliphatic heterocycles. The molecular weight excluding hydrogens is 402 g/mol. The molecule has 2 atom stereocenters. The maximum atomic E-state index is 13.4. The topological polar surface area (TPSA) is 67.8 Å². The van der Waals surface area contributed by atoms with Gasteiger partial charge in [0.15, 0.2) is 5.60 Å². The van der Waals surface area contributed by atoms with Crippen LogP contribution in [-0.4, -0.2) is 36.9 Å². The Kier molecular flexibility index (Phi) is 7.82. The number of carbonyl (C=O) groups excluding carboxylic acids is 1. The molecule has 5 heteroatoms. The lowest BCUT2D eigenvalue weighted by molar-refractivity contribution is -0.176. The lowest BCUT2D eigenvalue weighted by atomic mass is 9.80. The highest BCUT2D eigenvalue weighted by atomic mass is 16.6. The Morgan fingerprint density at radius 1 is 0.969 bits per heavy atom. The Morgan fingerprint density at radius 3 is 2.25 bits per heavy atom. The molecule has 5 nitrogen and oxygen atoms in total. The Labute approximate surface area is 191 Å². The van der Waals surface area contributed by atoms with Crippen molar-refractivity contribution in [2.75, 3.05) is 19.7 Å². The van der Waals surface area contributed by atoms with E-state index in [9.17, 15) is 9.90 Å². The van der Waals surface area contributed by atoms with Crippen LogP contribution in [0.15, 0.2) is 60.7 Å². The van der Waals surface area contributed by atoms with E-state index in [1.54, 1.807) is 0 Å². The number of rotatable bonds is 9. The van der Waals surface area contributed by atoms with Gasteiger partial charge in [-0.25, -0.2) is 4.79 Å². The largest absolute Gasteiger partial charge is 0.487 e. The zero-order valence-corrected chi connectivity index (χ0v) is 18.7. The van der Waals surface area contributed by atoms with Gasteiger partial charge < -0.3 is 19.9 Å². The maximum Gasteiger partial charge on any atom is 0.343 e. The minimum absolute atomic E-state index is 0.115. The number of hydrogen-bond acceptors (Lipinski definition) is 5. The second-order valence-corrected chi connectivity index (χ2v) is 9.19. The fourth-order valence-electron chi connectivity index (χ4n) is 5.17. The number of benzene rings is 2. The maximum absolute atomic E-state index is 13.4. The van der Waals surface area contributed by atoms with Gasteiger partial charge in [-0.2, -0.15) is 0 Å². The minimum atomic E-state index is -1.61. The zero-order chi connectivity index (χ0) is 22.2. The van der Waals surface area contributed by atoms with Gasteiger partial charge in [0, 0.05) is 5.92 Å². The molecule has 32 heavy (non-hydrogen) atoms. The van der Waals surface area contributed by atoms with Gasteiger partial charge in [-0.05, 0) is 68.8 Å². The average Bonchev–Trinajstić information content (AvgIpc) is 3.39. The Hall–Kier alpha value is -2.37. The third-order valence-corrected chi connectivity index (χ3v) is 6.97. The average molecular weight is 438 g/mol. The Bertz CT molecular complexity index is 831. The fraction of sp³-hybridized carbons (Fsp3) is 0.519. The van der Waals surface area contributed by atoms with Crippen molar-refractivity contribution in [2.24, 2.45) is 11.8 Å². The molecule has 0 bridgehead atoms. The third-order valence-electron chi connectivity index (χ3n) is 6.97. The summed E-state index contributed by atoms with van der Waals surface area (Å²) in [5.41, 5.74) is -0.986. The molecule has 172 valence electrons. The second kappa shape index (κ2) is 11.0. The normalized spacial score (nSPS) is 20.4. The van der Waals surface area contributed by atoms with Crippen LogP contribution in [-0.2, 0) is 15.1 Å². The molecule has 2 aromatic rings. The lowest BCUT2D eigenvalue weighted by Crippen LogP contribution is -2.44. The highest BCUT2D eigenvalue weighted by molar-refractivity contribution is 5.81. The zero-order valence-electron chi connectivity index (χ0n) is 18.7. The Balaban J connectivity index is 1.47. The summed E-state index contributed by atoms with van der Waals surface area (Å²) in [4.78, 5) is 13.4. The monoisotopic (exact) mass is 437 g/mol. The van der Waals surface area contributed by atoms with Crippen molar-refractivity contribution in [1.82, 2.24) is 5.32 Å². The smallest absolute Gasteiger partial charge is 0.343 e. The molecule has 1 aliphatic carbocycles. The predicted molar refractivity (Wildman–Crippen MR) is 124 cm³/mol. The van der Waals surface area contributed by atoms with Gasteiger partial charge in [-0.15, -0.1) is 0 Å². The van der Waals surface area contributed by atoms with Gasteiger partial charge in [0.2, 0.25) is 0 Å². The van der Waals surface area contributed by atoms with Crippen molar-refractivity contribution in [1.29, 1.82) is 0 Å². The number of hydrogen-bond donors (Lipinski definition) is 2. The third kappa shape index (κ3) is 5.51. The van der Waals surface area contributed by atoms with Crippen LogP contribution in [0.3, 0.4) is 0 Å². The number of esters is 1. The van der Waals surface area contributed by atoms with E-state index in [1.165, 1.54) is 0 Å². The van der Waals surface area contributed by atoms with Crippen LogP contribution in [0, 0.1) is 11.8 Å². The standard InChI is InChI=1S/C27H35NO4/c29-26(27(30,23-11-7-8-12-23)22-9-3-1-4-10-22)31-20-25(19-21-15-17-28-18-16-21)32-24-13-5-2-6-14-24/h1-6,9-10,13-14,21,23,25,28,30H,7-8,11-12,15-20H2/t25?,27-/m0/s1. The van der Waals surface area contributed by atoms with Crippen LogP contribution < -0.4 is 10.1 Å². The fourth-order valence-corrected chi connectivity index (χ4v) is 5.17. The molecule has 0 aromatic heterocycles. The van der Waals surface area contributed by atoms with E-state index < -0.39 is 11.6 Å². The number of carbonyl (C=O) groups is 1. The molecule has 2 aromatic carbocycles. The first-order chi connectivity index (χ1) is 15.7. The number of nitrogens with one attached hydrogen (secondary N) is 1. The van der Waals surface area contributed by atoms with Crippen molar-refractivity contribution in [3.8, 4) is 5.75 Å². The summed E-state index contributed by atoms with van der Waals surface area (Å²) in [7, 11) is 0. The SMILES string of the molecule is O=C(OCC(CC1CCNCC1)Oc1ccccc1)[C@](O)(c1ccccc1)C1CCCC1. The highest BCUT2D eigenvalue weighted by Gasteiger charge is 2.48. The van der Waals surface area contributed by atoms with Crippen LogP contribution in [0.2, 0.25) is 0 Å². The van der Waals surface area contributed by atoms with Gasteiger partial charge in [-0.3, -0.25) is 0 Å².